The highest BCUT2D eigenvalue weighted by atomic mass is 16.5. The minimum atomic E-state index is -0.352. The molecule has 1 aromatic heterocycles. The lowest BCUT2D eigenvalue weighted by Crippen LogP contribution is -2.26. The van der Waals surface area contributed by atoms with Crippen molar-refractivity contribution in [3.63, 3.8) is 0 Å². The molecule has 15 heavy (non-hydrogen) atoms. The van der Waals surface area contributed by atoms with Crippen molar-refractivity contribution in [2.45, 2.75) is 26.3 Å². The zero-order valence-electron chi connectivity index (χ0n) is 9.50. The third-order valence-corrected chi connectivity index (χ3v) is 1.68. The fourth-order valence-electron chi connectivity index (χ4n) is 1.13. The lowest BCUT2D eigenvalue weighted by Gasteiger charge is -2.21. The fraction of sp³-hybridized carbons (Fsp3) is 0.455. The predicted octanol–water partition coefficient (Wildman–Crippen LogP) is 2.08. The van der Waals surface area contributed by atoms with Crippen LogP contribution in [0.15, 0.2) is 18.3 Å². The van der Waals surface area contributed by atoms with Gasteiger partial charge in [-0.25, -0.2) is 9.78 Å². The van der Waals surface area contributed by atoms with E-state index >= 15 is 0 Å². The average Bonchev–Trinajstić information content (AvgIpc) is 2.14. The van der Waals surface area contributed by atoms with Crippen LogP contribution in [0.25, 0.3) is 0 Å². The summed E-state index contributed by atoms with van der Waals surface area (Å²) in [6.45, 7) is 6.08. The van der Waals surface area contributed by atoms with E-state index in [0.29, 0.717) is 11.4 Å². The van der Waals surface area contributed by atoms with Gasteiger partial charge in [0.15, 0.2) is 0 Å². The number of esters is 1. The molecule has 0 aliphatic rings. The number of carbonyl (C=O) groups excluding carboxylic acids is 1. The second-order valence-corrected chi connectivity index (χ2v) is 4.30. The van der Waals surface area contributed by atoms with Gasteiger partial charge >= 0.3 is 5.97 Å². The van der Waals surface area contributed by atoms with Gasteiger partial charge in [0, 0.05) is 11.7 Å². The molecule has 4 heteroatoms. The molecule has 1 heterocycles. The Morgan fingerprint density at radius 3 is 2.67 bits per heavy atom. The number of anilines is 1. The van der Waals surface area contributed by atoms with E-state index in [0.717, 1.165) is 0 Å². The van der Waals surface area contributed by atoms with Crippen LogP contribution in [0, 0.1) is 0 Å². The summed E-state index contributed by atoms with van der Waals surface area (Å²) < 4.78 is 4.63. The summed E-state index contributed by atoms with van der Waals surface area (Å²) >= 11 is 0. The topological polar surface area (TPSA) is 51.2 Å². The summed E-state index contributed by atoms with van der Waals surface area (Å²) in [6, 6.07) is 3.30. The third-order valence-electron chi connectivity index (χ3n) is 1.68. The molecular weight excluding hydrogens is 192 g/mol. The number of aromatic nitrogens is 1. The van der Waals surface area contributed by atoms with Crippen molar-refractivity contribution in [3.05, 3.63) is 23.9 Å². The van der Waals surface area contributed by atoms with Gasteiger partial charge in [0.25, 0.3) is 0 Å². The maximum atomic E-state index is 11.3. The Morgan fingerprint density at radius 1 is 1.47 bits per heavy atom. The van der Waals surface area contributed by atoms with E-state index in [-0.39, 0.29) is 11.5 Å². The number of rotatable bonds is 2. The maximum absolute atomic E-state index is 11.3. The normalized spacial score (nSPS) is 10.9. The molecule has 0 aliphatic heterocycles. The maximum Gasteiger partial charge on any atom is 0.338 e. The second-order valence-electron chi connectivity index (χ2n) is 4.30. The number of nitrogens with one attached hydrogen (secondary N) is 1. The van der Waals surface area contributed by atoms with Crippen LogP contribution in [0.1, 0.15) is 31.1 Å². The number of nitrogens with zero attached hydrogens (tertiary/aromatic N) is 1. The van der Waals surface area contributed by atoms with Gasteiger partial charge in [-0.05, 0) is 32.9 Å². The Bertz CT molecular complexity index is 356. The number of hydrogen-bond acceptors (Lipinski definition) is 4. The molecule has 1 aromatic rings. The van der Waals surface area contributed by atoms with Crippen LogP contribution in [-0.4, -0.2) is 23.6 Å². The van der Waals surface area contributed by atoms with Crippen molar-refractivity contribution in [2.24, 2.45) is 0 Å². The first-order valence-electron chi connectivity index (χ1n) is 4.75. The van der Waals surface area contributed by atoms with E-state index < -0.39 is 0 Å². The number of methoxy groups -OCH3 is 1. The molecule has 0 amide bonds. The molecule has 0 saturated heterocycles. The molecule has 0 atom stereocenters. The zero-order chi connectivity index (χ0) is 11.5. The second kappa shape index (κ2) is 4.29. The fourth-order valence-corrected chi connectivity index (χ4v) is 1.13. The lowest BCUT2D eigenvalue weighted by molar-refractivity contribution is 0.0600. The first-order chi connectivity index (χ1) is 6.92. The van der Waals surface area contributed by atoms with Gasteiger partial charge in [-0.15, -0.1) is 0 Å². The van der Waals surface area contributed by atoms with Crippen LogP contribution >= 0.6 is 0 Å². The van der Waals surface area contributed by atoms with Crippen molar-refractivity contribution in [1.29, 1.82) is 0 Å². The quantitative estimate of drug-likeness (QED) is 0.756. The van der Waals surface area contributed by atoms with Gasteiger partial charge in [0.2, 0.25) is 0 Å². The highest BCUT2D eigenvalue weighted by Gasteiger charge is 2.12. The summed E-state index contributed by atoms with van der Waals surface area (Å²) in [6.07, 6.45) is 1.58. The largest absolute Gasteiger partial charge is 0.465 e. The van der Waals surface area contributed by atoms with Crippen molar-refractivity contribution in [1.82, 2.24) is 4.98 Å². The summed E-state index contributed by atoms with van der Waals surface area (Å²) in [5.74, 6) is 0.319. The van der Waals surface area contributed by atoms with Crippen LogP contribution in [0.4, 0.5) is 5.82 Å². The van der Waals surface area contributed by atoms with E-state index in [2.05, 4.69) is 15.0 Å². The molecule has 1 rings (SSSR count). The molecule has 0 saturated carbocycles. The molecule has 0 aromatic carbocycles. The van der Waals surface area contributed by atoms with Gasteiger partial charge in [0.1, 0.15) is 5.82 Å². The van der Waals surface area contributed by atoms with Crippen LogP contribution in [0.2, 0.25) is 0 Å². The van der Waals surface area contributed by atoms with Gasteiger partial charge in [-0.2, -0.15) is 0 Å². The Labute approximate surface area is 89.7 Å². The predicted molar refractivity (Wildman–Crippen MR) is 59.0 cm³/mol. The average molecular weight is 208 g/mol. The van der Waals surface area contributed by atoms with Gasteiger partial charge in [-0.3, -0.25) is 0 Å². The molecule has 0 spiro atoms. The first-order valence-corrected chi connectivity index (χ1v) is 4.75. The number of pyridine rings is 1. The van der Waals surface area contributed by atoms with E-state index in [1.54, 1.807) is 18.3 Å². The molecule has 0 radical (unpaired) electrons. The highest BCUT2D eigenvalue weighted by molar-refractivity contribution is 5.89. The van der Waals surface area contributed by atoms with Gasteiger partial charge < -0.3 is 10.1 Å². The van der Waals surface area contributed by atoms with Crippen LogP contribution in [-0.2, 0) is 4.74 Å². The minimum absolute atomic E-state index is 0.0816. The molecule has 0 aliphatic carbocycles. The molecule has 4 nitrogen and oxygen atoms in total. The molecule has 0 bridgehead atoms. The Kier molecular flexibility index (Phi) is 3.29. The van der Waals surface area contributed by atoms with Crippen molar-refractivity contribution in [3.8, 4) is 0 Å². The van der Waals surface area contributed by atoms with Crippen LogP contribution in [0.3, 0.4) is 0 Å². The molecule has 1 N–H and O–H groups in total. The van der Waals surface area contributed by atoms with Crippen LogP contribution in [0.5, 0.6) is 0 Å². The monoisotopic (exact) mass is 208 g/mol. The van der Waals surface area contributed by atoms with Crippen molar-refractivity contribution >= 4 is 11.8 Å². The Balaban J connectivity index is 2.88. The number of hydrogen-bond donors (Lipinski definition) is 1. The van der Waals surface area contributed by atoms with E-state index in [1.165, 1.54) is 7.11 Å². The summed E-state index contributed by atoms with van der Waals surface area (Å²) in [7, 11) is 1.36. The summed E-state index contributed by atoms with van der Waals surface area (Å²) in [5.41, 5.74) is 0.418. The van der Waals surface area contributed by atoms with E-state index in [9.17, 15) is 4.79 Å². The molecule has 0 fully saturated rings. The Hall–Kier alpha value is -1.58. The Morgan fingerprint density at radius 2 is 2.13 bits per heavy atom. The van der Waals surface area contributed by atoms with Crippen LogP contribution < -0.4 is 5.32 Å². The summed E-state index contributed by atoms with van der Waals surface area (Å²) in [4.78, 5) is 15.4. The molecule has 0 unspecified atom stereocenters. The smallest absolute Gasteiger partial charge is 0.338 e. The molecular formula is C11H16N2O2. The first kappa shape index (κ1) is 11.5. The minimum Gasteiger partial charge on any atom is -0.465 e. The van der Waals surface area contributed by atoms with Crippen molar-refractivity contribution in [2.75, 3.05) is 12.4 Å². The van der Waals surface area contributed by atoms with Gasteiger partial charge in [0.05, 0.1) is 12.7 Å². The van der Waals surface area contributed by atoms with E-state index in [1.807, 2.05) is 20.8 Å². The third kappa shape index (κ3) is 3.58. The van der Waals surface area contributed by atoms with E-state index in [4.69, 9.17) is 0 Å². The molecule has 82 valence electrons. The standard InChI is InChI=1S/C11H16N2O2/c1-11(2,3)13-9-7-8(5-6-12-9)10(14)15-4/h5-7H,1-4H3,(H,12,13). The highest BCUT2D eigenvalue weighted by Crippen LogP contribution is 2.13. The SMILES string of the molecule is COC(=O)c1ccnc(NC(C)(C)C)c1. The van der Waals surface area contributed by atoms with Crippen molar-refractivity contribution < 1.29 is 9.53 Å². The van der Waals surface area contributed by atoms with Gasteiger partial charge in [-0.1, -0.05) is 0 Å². The zero-order valence-corrected chi connectivity index (χ0v) is 9.50. The number of carbonyl (C=O) groups is 1. The number of ether oxygens (including phenoxy) is 1. The lowest BCUT2D eigenvalue weighted by atomic mass is 10.1. The summed E-state index contributed by atoms with van der Waals surface area (Å²) in [5, 5.41) is 3.18.